The smallest absolute Gasteiger partial charge is 0.191 e. The lowest BCUT2D eigenvalue weighted by atomic mass is 10.1. The summed E-state index contributed by atoms with van der Waals surface area (Å²) in [5.41, 5.74) is 3.51. The fraction of sp³-hybridized carbons (Fsp3) is 0.250. The van der Waals surface area contributed by atoms with Crippen LogP contribution in [0.4, 0.5) is 0 Å². The van der Waals surface area contributed by atoms with Crippen molar-refractivity contribution in [2.45, 2.75) is 19.5 Å². The van der Waals surface area contributed by atoms with Gasteiger partial charge < -0.3 is 10.6 Å². The Kier molecular flexibility index (Phi) is 8.76. The first-order chi connectivity index (χ1) is 12.8. The molecule has 142 valence electrons. The Bertz CT molecular complexity index is 818. The Balaban J connectivity index is 0.00000261. The molecule has 7 heteroatoms. The monoisotopic (exact) mass is 476 g/mol. The summed E-state index contributed by atoms with van der Waals surface area (Å²) >= 11 is 0. The van der Waals surface area contributed by atoms with E-state index >= 15 is 0 Å². The lowest BCUT2D eigenvalue weighted by Gasteiger charge is -2.12. The van der Waals surface area contributed by atoms with Gasteiger partial charge >= 0.3 is 0 Å². The minimum atomic E-state index is 0. The Labute approximate surface area is 177 Å². The van der Waals surface area contributed by atoms with Crippen molar-refractivity contribution < 1.29 is 0 Å². The molecule has 0 saturated carbocycles. The normalized spacial score (nSPS) is 10.9. The molecule has 2 aromatic heterocycles. The van der Waals surface area contributed by atoms with E-state index in [1.54, 1.807) is 13.2 Å². The fourth-order valence-corrected chi connectivity index (χ4v) is 2.68. The van der Waals surface area contributed by atoms with E-state index in [1.165, 1.54) is 11.1 Å². The molecule has 2 heterocycles. The van der Waals surface area contributed by atoms with Crippen molar-refractivity contribution in [1.29, 1.82) is 0 Å². The summed E-state index contributed by atoms with van der Waals surface area (Å²) in [6.07, 6.45) is 6.45. The lowest BCUT2D eigenvalue weighted by Crippen LogP contribution is -2.37. The summed E-state index contributed by atoms with van der Waals surface area (Å²) in [5.74, 6) is 0.790. The summed E-state index contributed by atoms with van der Waals surface area (Å²) < 4.78 is 1.92. The molecule has 3 rings (SSSR count). The van der Waals surface area contributed by atoms with E-state index < -0.39 is 0 Å². The van der Waals surface area contributed by atoms with Crippen LogP contribution < -0.4 is 10.6 Å². The van der Waals surface area contributed by atoms with Crippen molar-refractivity contribution in [3.63, 3.8) is 0 Å². The molecule has 0 unspecified atom stereocenters. The molecular weight excluding hydrogens is 451 g/mol. The molecule has 3 aromatic rings. The summed E-state index contributed by atoms with van der Waals surface area (Å²) in [5, 5.41) is 10.9. The molecule has 0 fully saturated rings. The standard InChI is InChI=1S/C20H24N6.HI/c1-21-20(23-12-9-19-8-2-3-10-22-19)24-15-17-6-4-7-18(14-17)16-26-13-5-11-25-26;/h2-8,10-11,13-14H,9,12,15-16H2,1H3,(H2,21,23,24);1H. The van der Waals surface area contributed by atoms with Crippen molar-refractivity contribution in [3.05, 3.63) is 83.9 Å². The molecule has 0 atom stereocenters. The zero-order chi connectivity index (χ0) is 18.0. The minimum absolute atomic E-state index is 0. The SMILES string of the molecule is CN=C(NCCc1ccccn1)NCc1cccc(Cn2cccn2)c1.I. The van der Waals surface area contributed by atoms with Crippen molar-refractivity contribution >= 4 is 29.9 Å². The van der Waals surface area contributed by atoms with Gasteiger partial charge in [0.15, 0.2) is 5.96 Å². The number of rotatable bonds is 7. The second-order valence-corrected chi connectivity index (χ2v) is 5.95. The molecule has 6 nitrogen and oxygen atoms in total. The average molecular weight is 476 g/mol. The number of hydrogen-bond donors (Lipinski definition) is 2. The molecule has 2 N–H and O–H groups in total. The maximum atomic E-state index is 4.33. The van der Waals surface area contributed by atoms with Crippen LogP contribution in [0.5, 0.6) is 0 Å². The largest absolute Gasteiger partial charge is 0.356 e. The van der Waals surface area contributed by atoms with Crippen molar-refractivity contribution in [2.24, 2.45) is 4.99 Å². The summed E-state index contributed by atoms with van der Waals surface area (Å²) in [4.78, 5) is 8.61. The number of aliphatic imine (C=N–C) groups is 1. The fourth-order valence-electron chi connectivity index (χ4n) is 2.68. The highest BCUT2D eigenvalue weighted by Crippen LogP contribution is 2.07. The van der Waals surface area contributed by atoms with E-state index in [0.717, 1.165) is 37.7 Å². The maximum absolute atomic E-state index is 4.33. The summed E-state index contributed by atoms with van der Waals surface area (Å²) in [6, 6.07) is 16.4. The molecule has 0 spiro atoms. The van der Waals surface area contributed by atoms with Gasteiger partial charge in [-0.25, -0.2) is 0 Å². The Morgan fingerprint density at radius 1 is 1.04 bits per heavy atom. The van der Waals surface area contributed by atoms with E-state index in [-0.39, 0.29) is 24.0 Å². The number of aromatic nitrogens is 3. The maximum Gasteiger partial charge on any atom is 0.191 e. The van der Waals surface area contributed by atoms with Crippen LogP contribution in [0.15, 0.2) is 72.1 Å². The Morgan fingerprint density at radius 2 is 1.93 bits per heavy atom. The zero-order valence-corrected chi connectivity index (χ0v) is 17.7. The average Bonchev–Trinajstić information content (AvgIpc) is 3.18. The molecule has 0 bridgehead atoms. The number of benzene rings is 1. The van der Waals surface area contributed by atoms with Crippen LogP contribution in [-0.2, 0) is 19.5 Å². The highest BCUT2D eigenvalue weighted by atomic mass is 127. The van der Waals surface area contributed by atoms with Crippen LogP contribution in [0.3, 0.4) is 0 Å². The molecule has 0 aliphatic heterocycles. The van der Waals surface area contributed by atoms with Crippen LogP contribution in [0, 0.1) is 0 Å². The van der Waals surface area contributed by atoms with Gasteiger partial charge in [0.2, 0.25) is 0 Å². The second-order valence-electron chi connectivity index (χ2n) is 5.95. The highest BCUT2D eigenvalue weighted by molar-refractivity contribution is 14.0. The molecule has 1 aromatic carbocycles. The van der Waals surface area contributed by atoms with Gasteiger partial charge in [0, 0.05) is 50.8 Å². The molecule has 0 amide bonds. The van der Waals surface area contributed by atoms with Gasteiger partial charge in [0.1, 0.15) is 0 Å². The van der Waals surface area contributed by atoms with Crippen LogP contribution in [-0.4, -0.2) is 34.3 Å². The van der Waals surface area contributed by atoms with Gasteiger partial charge in [-0.05, 0) is 29.3 Å². The van der Waals surface area contributed by atoms with Gasteiger partial charge in [0.25, 0.3) is 0 Å². The van der Waals surface area contributed by atoms with Gasteiger partial charge in [-0.3, -0.25) is 14.7 Å². The first-order valence-electron chi connectivity index (χ1n) is 8.73. The molecule has 0 saturated heterocycles. The number of nitrogens with one attached hydrogen (secondary N) is 2. The van der Waals surface area contributed by atoms with E-state index in [4.69, 9.17) is 0 Å². The predicted octanol–water partition coefficient (Wildman–Crippen LogP) is 2.85. The number of pyridine rings is 1. The van der Waals surface area contributed by atoms with Crippen molar-refractivity contribution in [3.8, 4) is 0 Å². The second kappa shape index (κ2) is 11.3. The van der Waals surface area contributed by atoms with E-state index in [9.17, 15) is 0 Å². The molecule has 0 radical (unpaired) electrons. The van der Waals surface area contributed by atoms with Crippen LogP contribution in [0.1, 0.15) is 16.8 Å². The number of halogens is 1. The van der Waals surface area contributed by atoms with E-state index in [1.807, 2.05) is 41.3 Å². The zero-order valence-electron chi connectivity index (χ0n) is 15.4. The van der Waals surface area contributed by atoms with E-state index in [0.29, 0.717) is 0 Å². The van der Waals surface area contributed by atoms with Gasteiger partial charge in [-0.1, -0.05) is 30.3 Å². The third kappa shape index (κ3) is 7.01. The topological polar surface area (TPSA) is 67.1 Å². The summed E-state index contributed by atoms with van der Waals surface area (Å²) in [7, 11) is 1.78. The number of guanidine groups is 1. The molecular formula is C20H25IN6. The number of hydrogen-bond acceptors (Lipinski definition) is 3. The lowest BCUT2D eigenvalue weighted by molar-refractivity contribution is 0.685. The van der Waals surface area contributed by atoms with Gasteiger partial charge in [-0.15, -0.1) is 24.0 Å². The predicted molar refractivity (Wildman–Crippen MR) is 119 cm³/mol. The van der Waals surface area contributed by atoms with Crippen LogP contribution >= 0.6 is 24.0 Å². The van der Waals surface area contributed by atoms with Crippen LogP contribution in [0.25, 0.3) is 0 Å². The summed E-state index contributed by atoms with van der Waals surface area (Å²) in [6.45, 7) is 2.28. The molecule has 27 heavy (non-hydrogen) atoms. The van der Waals surface area contributed by atoms with Crippen molar-refractivity contribution in [1.82, 2.24) is 25.4 Å². The first kappa shape index (κ1) is 20.9. The first-order valence-corrected chi connectivity index (χ1v) is 8.73. The van der Waals surface area contributed by atoms with E-state index in [2.05, 4.69) is 50.0 Å². The third-order valence-corrected chi connectivity index (χ3v) is 3.98. The van der Waals surface area contributed by atoms with Gasteiger partial charge in [0.05, 0.1) is 6.54 Å². The van der Waals surface area contributed by atoms with Crippen molar-refractivity contribution in [2.75, 3.05) is 13.6 Å². The molecule has 0 aliphatic rings. The Hall–Kier alpha value is -2.42. The van der Waals surface area contributed by atoms with Gasteiger partial charge in [-0.2, -0.15) is 5.10 Å². The van der Waals surface area contributed by atoms with Crippen LogP contribution in [0.2, 0.25) is 0 Å². The highest BCUT2D eigenvalue weighted by Gasteiger charge is 2.01. The quantitative estimate of drug-likeness (QED) is 0.313. The number of nitrogens with zero attached hydrogens (tertiary/aromatic N) is 4. The minimum Gasteiger partial charge on any atom is -0.356 e. The third-order valence-electron chi connectivity index (χ3n) is 3.98. The Morgan fingerprint density at radius 3 is 2.67 bits per heavy atom. The molecule has 0 aliphatic carbocycles.